The Morgan fingerprint density at radius 1 is 1.03 bits per heavy atom. The summed E-state index contributed by atoms with van der Waals surface area (Å²) < 4.78 is 12.1. The summed E-state index contributed by atoms with van der Waals surface area (Å²) in [7, 11) is 1.60. The summed E-state index contributed by atoms with van der Waals surface area (Å²) in [5.41, 5.74) is 0.874. The van der Waals surface area contributed by atoms with E-state index in [1.54, 1.807) is 12.0 Å². The van der Waals surface area contributed by atoms with Crippen LogP contribution >= 0.6 is 15.9 Å². The number of carbonyl (C=O) groups is 2. The number of methoxy groups -OCH3 is 1. The number of halogens is 1. The van der Waals surface area contributed by atoms with Gasteiger partial charge in [0, 0.05) is 12.6 Å². The molecule has 3 aromatic carbocycles. The van der Waals surface area contributed by atoms with Gasteiger partial charge < -0.3 is 19.7 Å². The standard InChI is InChI=1S/C28H33BrN2O4/c1-5-19(3)30-28(33)24(6-2)31(17-20-10-9-12-22(16-20)34-4)26(32)18-35-25-15-14-21-11-7-8-13-23(21)27(25)29/h7-16,19,24H,5-6,17-18H2,1-4H3,(H,30,33)/t19-,24-/m1/s1. The molecule has 0 radical (unpaired) electrons. The van der Waals surface area contributed by atoms with E-state index < -0.39 is 6.04 Å². The molecule has 2 amide bonds. The van der Waals surface area contributed by atoms with Crippen LogP contribution in [-0.2, 0) is 16.1 Å². The van der Waals surface area contributed by atoms with E-state index in [1.807, 2.05) is 81.4 Å². The predicted molar refractivity (Wildman–Crippen MR) is 143 cm³/mol. The van der Waals surface area contributed by atoms with E-state index in [-0.39, 0.29) is 31.0 Å². The van der Waals surface area contributed by atoms with E-state index in [1.165, 1.54) is 0 Å². The highest BCUT2D eigenvalue weighted by atomic mass is 79.9. The monoisotopic (exact) mass is 540 g/mol. The maximum absolute atomic E-state index is 13.5. The summed E-state index contributed by atoms with van der Waals surface area (Å²) in [4.78, 5) is 28.2. The van der Waals surface area contributed by atoms with Gasteiger partial charge in [0.1, 0.15) is 17.5 Å². The van der Waals surface area contributed by atoms with Crippen molar-refractivity contribution < 1.29 is 19.1 Å². The van der Waals surface area contributed by atoms with Gasteiger partial charge in [0.25, 0.3) is 5.91 Å². The zero-order chi connectivity index (χ0) is 25.4. The van der Waals surface area contributed by atoms with Gasteiger partial charge in [-0.15, -0.1) is 0 Å². The third-order valence-corrected chi connectivity index (χ3v) is 6.87. The average Bonchev–Trinajstić information content (AvgIpc) is 2.88. The molecule has 3 rings (SSSR count). The van der Waals surface area contributed by atoms with Crippen molar-refractivity contribution in [3.8, 4) is 11.5 Å². The summed E-state index contributed by atoms with van der Waals surface area (Å²) in [5, 5.41) is 5.10. The van der Waals surface area contributed by atoms with Gasteiger partial charge in [0.2, 0.25) is 5.91 Å². The number of hydrogen-bond donors (Lipinski definition) is 1. The van der Waals surface area contributed by atoms with Crippen LogP contribution in [0.25, 0.3) is 10.8 Å². The van der Waals surface area contributed by atoms with Gasteiger partial charge in [0.05, 0.1) is 11.6 Å². The number of nitrogens with one attached hydrogen (secondary N) is 1. The molecule has 186 valence electrons. The lowest BCUT2D eigenvalue weighted by Crippen LogP contribution is -2.51. The van der Waals surface area contributed by atoms with Gasteiger partial charge in [-0.25, -0.2) is 0 Å². The Morgan fingerprint density at radius 2 is 1.80 bits per heavy atom. The molecule has 7 heteroatoms. The van der Waals surface area contributed by atoms with Crippen molar-refractivity contribution in [3.05, 3.63) is 70.7 Å². The van der Waals surface area contributed by atoms with E-state index in [0.29, 0.717) is 17.9 Å². The molecule has 0 fully saturated rings. The molecule has 0 spiro atoms. The van der Waals surface area contributed by atoms with Gasteiger partial charge in [0.15, 0.2) is 6.61 Å². The maximum Gasteiger partial charge on any atom is 0.261 e. The number of hydrogen-bond acceptors (Lipinski definition) is 4. The van der Waals surface area contributed by atoms with E-state index in [4.69, 9.17) is 9.47 Å². The fraction of sp³-hybridized carbons (Fsp3) is 0.357. The van der Waals surface area contributed by atoms with Crippen LogP contribution in [0.3, 0.4) is 0 Å². The Labute approximate surface area is 215 Å². The number of amides is 2. The quantitative estimate of drug-likeness (QED) is 0.338. The third kappa shape index (κ3) is 6.75. The van der Waals surface area contributed by atoms with Crippen LogP contribution in [0, 0.1) is 0 Å². The summed E-state index contributed by atoms with van der Waals surface area (Å²) in [6.07, 6.45) is 1.29. The Morgan fingerprint density at radius 3 is 2.51 bits per heavy atom. The Balaban J connectivity index is 1.84. The van der Waals surface area contributed by atoms with E-state index >= 15 is 0 Å². The van der Waals surface area contributed by atoms with Gasteiger partial charge in [-0.3, -0.25) is 9.59 Å². The van der Waals surface area contributed by atoms with Crippen molar-refractivity contribution in [2.75, 3.05) is 13.7 Å². The summed E-state index contributed by atoms with van der Waals surface area (Å²) >= 11 is 3.61. The van der Waals surface area contributed by atoms with Gasteiger partial charge in [-0.05, 0) is 70.2 Å². The van der Waals surface area contributed by atoms with Crippen molar-refractivity contribution in [2.45, 2.75) is 52.2 Å². The van der Waals surface area contributed by atoms with Gasteiger partial charge >= 0.3 is 0 Å². The molecule has 0 aliphatic heterocycles. The maximum atomic E-state index is 13.5. The first-order chi connectivity index (χ1) is 16.9. The largest absolute Gasteiger partial charge is 0.497 e. The lowest BCUT2D eigenvalue weighted by molar-refractivity contribution is -0.143. The first kappa shape index (κ1) is 26.5. The van der Waals surface area contributed by atoms with Crippen LogP contribution in [0.1, 0.15) is 39.2 Å². The van der Waals surface area contributed by atoms with Crippen molar-refractivity contribution in [1.29, 1.82) is 0 Å². The van der Waals surface area contributed by atoms with Gasteiger partial charge in [-0.1, -0.05) is 56.3 Å². The predicted octanol–water partition coefficient (Wildman–Crippen LogP) is 5.71. The number of fused-ring (bicyclic) bond motifs is 1. The van der Waals surface area contributed by atoms with Crippen LogP contribution in [0.15, 0.2) is 65.1 Å². The molecule has 6 nitrogen and oxygen atoms in total. The minimum Gasteiger partial charge on any atom is -0.497 e. The first-order valence-corrected chi connectivity index (χ1v) is 12.7. The Kier molecular flexibility index (Phi) is 9.55. The topological polar surface area (TPSA) is 67.9 Å². The number of benzene rings is 3. The van der Waals surface area contributed by atoms with Crippen LogP contribution < -0.4 is 14.8 Å². The molecule has 0 aliphatic rings. The molecule has 0 aliphatic carbocycles. The summed E-state index contributed by atoms with van der Waals surface area (Å²) in [6, 6.07) is 18.7. The lowest BCUT2D eigenvalue weighted by Gasteiger charge is -2.31. The molecule has 2 atom stereocenters. The molecule has 0 unspecified atom stereocenters. The second kappa shape index (κ2) is 12.6. The number of nitrogens with zero attached hydrogens (tertiary/aromatic N) is 1. The SMILES string of the molecule is CC[C@@H](C)NC(=O)[C@@H](CC)N(Cc1cccc(OC)c1)C(=O)COc1ccc2ccccc2c1Br. The highest BCUT2D eigenvalue weighted by Gasteiger charge is 2.29. The van der Waals surface area contributed by atoms with Gasteiger partial charge in [-0.2, -0.15) is 0 Å². The third-order valence-electron chi connectivity index (χ3n) is 6.05. The number of rotatable bonds is 11. The molecule has 35 heavy (non-hydrogen) atoms. The van der Waals surface area contributed by atoms with Crippen LogP contribution in [0.2, 0.25) is 0 Å². The minimum atomic E-state index is -0.619. The number of ether oxygens (including phenoxy) is 2. The Hall–Kier alpha value is -3.06. The molecule has 3 aromatic rings. The average molecular weight is 541 g/mol. The fourth-order valence-electron chi connectivity index (χ4n) is 3.88. The molecule has 0 saturated carbocycles. The molecule has 0 heterocycles. The summed E-state index contributed by atoms with van der Waals surface area (Å²) in [6.45, 7) is 5.96. The van der Waals surface area contributed by atoms with Crippen LogP contribution in [0.4, 0.5) is 0 Å². The van der Waals surface area contributed by atoms with Crippen molar-refractivity contribution in [1.82, 2.24) is 10.2 Å². The van der Waals surface area contributed by atoms with Crippen LogP contribution in [0.5, 0.6) is 11.5 Å². The molecular formula is C28H33BrN2O4. The molecule has 0 aromatic heterocycles. The van der Waals surface area contributed by atoms with Crippen molar-refractivity contribution in [2.24, 2.45) is 0 Å². The van der Waals surface area contributed by atoms with E-state index in [0.717, 1.165) is 27.2 Å². The Bertz CT molecular complexity index is 1170. The first-order valence-electron chi connectivity index (χ1n) is 11.9. The normalized spacial score (nSPS) is 12.6. The van der Waals surface area contributed by atoms with Crippen molar-refractivity contribution in [3.63, 3.8) is 0 Å². The molecular weight excluding hydrogens is 508 g/mol. The van der Waals surface area contributed by atoms with E-state index in [9.17, 15) is 9.59 Å². The zero-order valence-corrected chi connectivity index (χ0v) is 22.3. The lowest BCUT2D eigenvalue weighted by atomic mass is 10.1. The smallest absolute Gasteiger partial charge is 0.261 e. The van der Waals surface area contributed by atoms with Crippen molar-refractivity contribution >= 4 is 38.5 Å². The fourth-order valence-corrected chi connectivity index (χ4v) is 4.48. The van der Waals surface area contributed by atoms with Crippen LogP contribution in [-0.4, -0.2) is 42.5 Å². The highest BCUT2D eigenvalue weighted by Crippen LogP contribution is 2.33. The number of carbonyl (C=O) groups excluding carboxylic acids is 2. The highest BCUT2D eigenvalue weighted by molar-refractivity contribution is 9.10. The minimum absolute atomic E-state index is 0.0233. The molecule has 0 saturated heterocycles. The second-order valence-corrected chi connectivity index (χ2v) is 9.30. The zero-order valence-electron chi connectivity index (χ0n) is 20.7. The summed E-state index contributed by atoms with van der Waals surface area (Å²) in [5.74, 6) is 0.850. The van der Waals surface area contributed by atoms with E-state index in [2.05, 4.69) is 21.2 Å². The molecule has 1 N–H and O–H groups in total. The molecule has 0 bridgehead atoms. The second-order valence-electron chi connectivity index (χ2n) is 8.50.